The number of methoxy groups -OCH3 is 1. The van der Waals surface area contributed by atoms with Crippen LogP contribution in [0.1, 0.15) is 15.9 Å². The highest BCUT2D eigenvalue weighted by atomic mass is 16.8. The van der Waals surface area contributed by atoms with Crippen molar-refractivity contribution in [3.63, 3.8) is 0 Å². The maximum atomic E-state index is 12.7. The van der Waals surface area contributed by atoms with Gasteiger partial charge in [0.1, 0.15) is 11.5 Å². The smallest absolute Gasteiger partial charge is 0.242 e. The van der Waals surface area contributed by atoms with Crippen molar-refractivity contribution in [2.45, 2.75) is 11.9 Å². The summed E-state index contributed by atoms with van der Waals surface area (Å²) in [6, 6.07) is 14.6. The average molecular weight is 268 g/mol. The predicted molar refractivity (Wildman–Crippen MR) is 70.9 cm³/mol. The molecule has 0 spiro atoms. The largest absolute Gasteiger partial charge is 0.497 e. The molecule has 2 unspecified atom stereocenters. The van der Waals surface area contributed by atoms with Gasteiger partial charge in [0, 0.05) is 6.07 Å². The van der Waals surface area contributed by atoms with E-state index in [2.05, 4.69) is 0 Å². The average Bonchev–Trinajstić information content (AvgIpc) is 3.23. The molecule has 2 aliphatic heterocycles. The summed E-state index contributed by atoms with van der Waals surface area (Å²) in [6.45, 7) is 0. The zero-order valence-corrected chi connectivity index (χ0v) is 10.8. The van der Waals surface area contributed by atoms with Crippen LogP contribution in [0, 0.1) is 0 Å². The third-order valence-electron chi connectivity index (χ3n) is 3.78. The van der Waals surface area contributed by atoms with Crippen LogP contribution in [0.4, 0.5) is 0 Å². The molecule has 100 valence electrons. The van der Waals surface area contributed by atoms with Gasteiger partial charge in [0.2, 0.25) is 17.7 Å². The molecule has 2 aromatic carbocycles. The van der Waals surface area contributed by atoms with Gasteiger partial charge in [0.25, 0.3) is 0 Å². The second kappa shape index (κ2) is 3.84. The van der Waals surface area contributed by atoms with E-state index in [-0.39, 0.29) is 5.78 Å². The molecule has 0 aromatic heterocycles. The molecule has 0 N–H and O–H groups in total. The monoisotopic (exact) mass is 268 g/mol. The van der Waals surface area contributed by atoms with E-state index in [0.717, 1.165) is 5.56 Å². The summed E-state index contributed by atoms with van der Waals surface area (Å²) < 4.78 is 16.5. The molecule has 4 rings (SSSR count). The van der Waals surface area contributed by atoms with E-state index in [1.807, 2.05) is 30.3 Å². The number of carbonyl (C=O) groups excluding carboxylic acids is 1. The quantitative estimate of drug-likeness (QED) is 0.785. The van der Waals surface area contributed by atoms with Crippen molar-refractivity contribution in [2.24, 2.45) is 0 Å². The highest BCUT2D eigenvalue weighted by molar-refractivity contribution is 6.08. The Morgan fingerprint density at radius 1 is 1.15 bits per heavy atom. The van der Waals surface area contributed by atoms with Gasteiger partial charge in [0.05, 0.1) is 12.7 Å². The number of epoxide rings is 1. The zero-order chi connectivity index (χ0) is 13.7. The minimum atomic E-state index is -0.969. The molecule has 2 atom stereocenters. The Hall–Kier alpha value is -2.33. The van der Waals surface area contributed by atoms with Crippen LogP contribution in [0.15, 0.2) is 48.5 Å². The topological polar surface area (TPSA) is 48.1 Å². The van der Waals surface area contributed by atoms with Gasteiger partial charge in [-0.25, -0.2) is 0 Å². The first-order valence-electron chi connectivity index (χ1n) is 6.38. The van der Waals surface area contributed by atoms with Crippen molar-refractivity contribution in [3.8, 4) is 11.5 Å². The zero-order valence-electron chi connectivity index (χ0n) is 10.8. The molecule has 1 saturated heterocycles. The fourth-order valence-electron chi connectivity index (χ4n) is 2.65. The Morgan fingerprint density at radius 2 is 1.95 bits per heavy atom. The normalized spacial score (nSPS) is 26.2. The predicted octanol–water partition coefficient (Wildman–Crippen LogP) is 2.52. The molecule has 2 aromatic rings. The van der Waals surface area contributed by atoms with Gasteiger partial charge in [0.15, 0.2) is 0 Å². The number of Topliss-reactive ketones (excluding diaryl/α,β-unsaturated/α-hetero) is 1. The van der Waals surface area contributed by atoms with Crippen LogP contribution >= 0.6 is 0 Å². The van der Waals surface area contributed by atoms with E-state index in [9.17, 15) is 4.79 Å². The number of ether oxygens (including phenoxy) is 3. The molecule has 2 aliphatic rings. The molecule has 0 amide bonds. The Labute approximate surface area is 115 Å². The number of hydrogen-bond acceptors (Lipinski definition) is 4. The van der Waals surface area contributed by atoms with Crippen LogP contribution in [-0.2, 0) is 10.3 Å². The third-order valence-corrected chi connectivity index (χ3v) is 3.78. The molecule has 0 radical (unpaired) electrons. The second-order valence-corrected chi connectivity index (χ2v) is 4.86. The van der Waals surface area contributed by atoms with Gasteiger partial charge < -0.3 is 14.2 Å². The molecular weight excluding hydrogens is 256 g/mol. The van der Waals surface area contributed by atoms with Gasteiger partial charge in [-0.3, -0.25) is 4.79 Å². The summed E-state index contributed by atoms with van der Waals surface area (Å²) in [7, 11) is 1.58. The first kappa shape index (κ1) is 11.5. The molecule has 4 heteroatoms. The fraction of sp³-hybridized carbons (Fsp3) is 0.188. The van der Waals surface area contributed by atoms with Gasteiger partial charge in [-0.1, -0.05) is 30.3 Å². The van der Waals surface area contributed by atoms with Gasteiger partial charge in [-0.05, 0) is 17.7 Å². The lowest BCUT2D eigenvalue weighted by Gasteiger charge is -2.20. The summed E-state index contributed by atoms with van der Waals surface area (Å²) >= 11 is 0. The number of carbonyl (C=O) groups is 1. The van der Waals surface area contributed by atoms with Crippen molar-refractivity contribution < 1.29 is 19.0 Å². The number of benzene rings is 2. The maximum absolute atomic E-state index is 12.7. The van der Waals surface area contributed by atoms with Gasteiger partial charge in [-0.15, -0.1) is 0 Å². The molecule has 4 nitrogen and oxygen atoms in total. The van der Waals surface area contributed by atoms with E-state index in [4.69, 9.17) is 14.2 Å². The van der Waals surface area contributed by atoms with E-state index < -0.39 is 11.9 Å². The molecule has 0 aliphatic carbocycles. The first-order chi connectivity index (χ1) is 9.75. The van der Waals surface area contributed by atoms with Crippen molar-refractivity contribution in [2.75, 3.05) is 7.11 Å². The minimum Gasteiger partial charge on any atom is -0.497 e. The minimum absolute atomic E-state index is 0.0578. The summed E-state index contributed by atoms with van der Waals surface area (Å²) in [5.74, 6) is 1.12. The number of fused-ring (bicyclic) bond motifs is 2. The van der Waals surface area contributed by atoms with Crippen LogP contribution < -0.4 is 9.47 Å². The lowest BCUT2D eigenvalue weighted by Crippen LogP contribution is -2.31. The van der Waals surface area contributed by atoms with Gasteiger partial charge >= 0.3 is 0 Å². The third kappa shape index (κ3) is 1.37. The summed E-state index contributed by atoms with van der Waals surface area (Å²) in [5, 5.41) is 0. The standard InChI is InChI=1S/C16H12O4/c1-18-11-7-8-12-13(9-11)19-15-16(20-15,14(12)17)10-5-3-2-4-6-10/h2-9,15H,1H3. The summed E-state index contributed by atoms with van der Waals surface area (Å²) in [6.07, 6.45) is -0.544. The van der Waals surface area contributed by atoms with E-state index in [1.165, 1.54) is 0 Å². The van der Waals surface area contributed by atoms with Crippen LogP contribution in [0.2, 0.25) is 0 Å². The lowest BCUT2D eigenvalue weighted by molar-refractivity contribution is 0.0863. The Bertz CT molecular complexity index is 695. The molecular formula is C16H12O4. The van der Waals surface area contributed by atoms with Crippen LogP contribution in [0.25, 0.3) is 0 Å². The first-order valence-corrected chi connectivity index (χ1v) is 6.38. The Morgan fingerprint density at radius 3 is 2.70 bits per heavy atom. The van der Waals surface area contributed by atoms with Crippen LogP contribution in [0.3, 0.4) is 0 Å². The van der Waals surface area contributed by atoms with E-state index in [1.54, 1.807) is 25.3 Å². The van der Waals surface area contributed by atoms with Crippen LogP contribution in [-0.4, -0.2) is 19.2 Å². The second-order valence-electron chi connectivity index (χ2n) is 4.86. The highest BCUT2D eigenvalue weighted by Crippen LogP contribution is 2.54. The van der Waals surface area contributed by atoms with Crippen molar-refractivity contribution >= 4 is 5.78 Å². The SMILES string of the molecule is COc1ccc2c(c1)OC1OC1(c1ccccc1)C2=O. The number of hydrogen-bond donors (Lipinski definition) is 0. The van der Waals surface area contributed by atoms with Crippen molar-refractivity contribution in [1.82, 2.24) is 0 Å². The molecule has 0 bridgehead atoms. The summed E-state index contributed by atoms with van der Waals surface area (Å²) in [4.78, 5) is 12.7. The van der Waals surface area contributed by atoms with E-state index in [0.29, 0.717) is 17.1 Å². The van der Waals surface area contributed by atoms with Crippen molar-refractivity contribution in [3.05, 3.63) is 59.7 Å². The summed E-state index contributed by atoms with van der Waals surface area (Å²) in [5.41, 5.74) is 0.392. The Kier molecular flexibility index (Phi) is 2.20. The maximum Gasteiger partial charge on any atom is 0.242 e. The number of ketones is 1. The molecule has 1 fully saturated rings. The van der Waals surface area contributed by atoms with Gasteiger partial charge in [-0.2, -0.15) is 0 Å². The van der Waals surface area contributed by atoms with E-state index >= 15 is 0 Å². The molecule has 20 heavy (non-hydrogen) atoms. The highest BCUT2D eigenvalue weighted by Gasteiger charge is 2.68. The Balaban J connectivity index is 1.81. The van der Waals surface area contributed by atoms with Crippen LogP contribution in [0.5, 0.6) is 11.5 Å². The molecule has 2 heterocycles. The number of rotatable bonds is 2. The molecule has 0 saturated carbocycles. The lowest BCUT2D eigenvalue weighted by atomic mass is 9.88. The fourth-order valence-corrected chi connectivity index (χ4v) is 2.65. The van der Waals surface area contributed by atoms with Crippen molar-refractivity contribution in [1.29, 1.82) is 0 Å².